The van der Waals surface area contributed by atoms with Gasteiger partial charge in [0.25, 0.3) is 0 Å². The van der Waals surface area contributed by atoms with Crippen LogP contribution in [0.25, 0.3) is 0 Å². The molecule has 0 saturated carbocycles. The Labute approximate surface area is 108 Å². The third kappa shape index (κ3) is 3.05. The number of hydrogen-bond acceptors (Lipinski definition) is 3. The molecule has 1 aliphatic heterocycles. The highest BCUT2D eigenvalue weighted by molar-refractivity contribution is 6.31. The Bertz CT molecular complexity index is 373. The van der Waals surface area contributed by atoms with Gasteiger partial charge in [0.05, 0.1) is 11.4 Å². The van der Waals surface area contributed by atoms with Gasteiger partial charge in [-0.2, -0.15) is 0 Å². The van der Waals surface area contributed by atoms with E-state index < -0.39 is 0 Å². The first kappa shape index (κ1) is 12.5. The van der Waals surface area contributed by atoms with Crippen molar-refractivity contribution in [1.29, 1.82) is 0 Å². The topological polar surface area (TPSA) is 32.5 Å². The predicted octanol–water partition coefficient (Wildman–Crippen LogP) is 2.45. The van der Waals surface area contributed by atoms with Crippen molar-refractivity contribution >= 4 is 23.0 Å². The van der Waals surface area contributed by atoms with E-state index in [0.717, 1.165) is 37.6 Å². The highest BCUT2D eigenvalue weighted by Crippen LogP contribution is 2.27. The Morgan fingerprint density at radius 1 is 1.24 bits per heavy atom. The molecule has 0 atom stereocenters. The predicted molar refractivity (Wildman–Crippen MR) is 74.8 cm³/mol. The molecule has 2 rings (SSSR count). The fourth-order valence-corrected chi connectivity index (χ4v) is 2.52. The van der Waals surface area contributed by atoms with Crippen LogP contribution in [0.15, 0.2) is 18.2 Å². The second-order valence-corrected chi connectivity index (χ2v) is 4.97. The Kier molecular flexibility index (Phi) is 4.13. The third-order valence-corrected chi connectivity index (χ3v) is 3.48. The van der Waals surface area contributed by atoms with Gasteiger partial charge in [0.1, 0.15) is 0 Å². The number of nitrogens with two attached hydrogens (primary N) is 1. The first-order chi connectivity index (χ1) is 8.20. The molecule has 2 N–H and O–H groups in total. The van der Waals surface area contributed by atoms with Crippen LogP contribution >= 0.6 is 11.6 Å². The molecule has 1 saturated heterocycles. The maximum absolute atomic E-state index is 6.01. The molecule has 1 heterocycles. The zero-order valence-corrected chi connectivity index (χ0v) is 11.1. The average molecular weight is 254 g/mol. The van der Waals surface area contributed by atoms with E-state index in [-0.39, 0.29) is 0 Å². The van der Waals surface area contributed by atoms with Gasteiger partial charge < -0.3 is 10.6 Å². The molecular formula is C13H20ClN3. The van der Waals surface area contributed by atoms with Crippen LogP contribution < -0.4 is 10.6 Å². The van der Waals surface area contributed by atoms with Crippen LogP contribution in [0.4, 0.5) is 11.4 Å². The molecule has 1 aromatic rings. The third-order valence-electron chi connectivity index (χ3n) is 3.24. The monoisotopic (exact) mass is 253 g/mol. The summed E-state index contributed by atoms with van der Waals surface area (Å²) in [5.41, 5.74) is 7.90. The lowest BCUT2D eigenvalue weighted by molar-refractivity contribution is 0.258. The molecule has 0 bridgehead atoms. The van der Waals surface area contributed by atoms with Gasteiger partial charge in [0, 0.05) is 31.2 Å². The molecule has 4 heteroatoms. The lowest BCUT2D eigenvalue weighted by atomic mass is 10.2. The van der Waals surface area contributed by atoms with E-state index in [1.807, 2.05) is 18.2 Å². The van der Waals surface area contributed by atoms with Gasteiger partial charge in [-0.25, -0.2) is 0 Å². The van der Waals surface area contributed by atoms with Gasteiger partial charge in [-0.15, -0.1) is 0 Å². The molecule has 94 valence electrons. The van der Waals surface area contributed by atoms with E-state index in [4.69, 9.17) is 17.3 Å². The Morgan fingerprint density at radius 3 is 2.53 bits per heavy atom. The number of piperazine rings is 1. The normalized spacial score (nSPS) is 17.4. The van der Waals surface area contributed by atoms with Crippen LogP contribution in [-0.4, -0.2) is 37.6 Å². The van der Waals surface area contributed by atoms with Crippen LogP contribution in [0.5, 0.6) is 0 Å². The molecule has 0 aromatic heterocycles. The largest absolute Gasteiger partial charge is 0.397 e. The fraction of sp³-hybridized carbons (Fsp3) is 0.538. The standard InChI is InChI=1S/C13H20ClN3/c1-2-5-16-6-8-17(9-7-16)13-4-3-11(14)10-12(13)15/h3-4,10H,2,5-9,15H2,1H3. The molecule has 1 aromatic carbocycles. The van der Waals surface area contributed by atoms with Crippen LogP contribution in [0.3, 0.4) is 0 Å². The van der Waals surface area contributed by atoms with Gasteiger partial charge in [-0.1, -0.05) is 18.5 Å². The Morgan fingerprint density at radius 2 is 1.94 bits per heavy atom. The molecule has 0 unspecified atom stereocenters. The first-order valence-electron chi connectivity index (χ1n) is 6.23. The summed E-state index contributed by atoms with van der Waals surface area (Å²) < 4.78 is 0. The Balaban J connectivity index is 2.00. The summed E-state index contributed by atoms with van der Waals surface area (Å²) >= 11 is 5.91. The van der Waals surface area contributed by atoms with Crippen molar-refractivity contribution in [3.8, 4) is 0 Å². The number of benzene rings is 1. The van der Waals surface area contributed by atoms with Crippen molar-refractivity contribution < 1.29 is 0 Å². The van der Waals surface area contributed by atoms with Crippen molar-refractivity contribution in [3.63, 3.8) is 0 Å². The van der Waals surface area contributed by atoms with E-state index in [9.17, 15) is 0 Å². The first-order valence-corrected chi connectivity index (χ1v) is 6.61. The number of anilines is 2. The summed E-state index contributed by atoms with van der Waals surface area (Å²) in [6, 6.07) is 5.76. The second kappa shape index (κ2) is 5.61. The molecule has 17 heavy (non-hydrogen) atoms. The van der Waals surface area contributed by atoms with E-state index in [1.54, 1.807) is 0 Å². The van der Waals surface area contributed by atoms with Crippen molar-refractivity contribution in [2.75, 3.05) is 43.4 Å². The average Bonchev–Trinajstić information content (AvgIpc) is 2.31. The fourth-order valence-electron chi connectivity index (χ4n) is 2.34. The minimum absolute atomic E-state index is 0.705. The SMILES string of the molecule is CCCN1CCN(c2ccc(Cl)cc2N)CC1. The lowest BCUT2D eigenvalue weighted by Gasteiger charge is -2.36. The van der Waals surface area contributed by atoms with Crippen LogP contribution in [0.1, 0.15) is 13.3 Å². The molecule has 1 aliphatic rings. The van der Waals surface area contributed by atoms with Gasteiger partial charge in [0.2, 0.25) is 0 Å². The van der Waals surface area contributed by atoms with Crippen LogP contribution in [0, 0.1) is 0 Å². The number of nitrogen functional groups attached to an aromatic ring is 1. The summed E-state index contributed by atoms with van der Waals surface area (Å²) in [4.78, 5) is 4.85. The van der Waals surface area contributed by atoms with Gasteiger partial charge in [-0.3, -0.25) is 4.90 Å². The number of nitrogens with zero attached hydrogens (tertiary/aromatic N) is 2. The number of halogens is 1. The van der Waals surface area contributed by atoms with Crippen LogP contribution in [-0.2, 0) is 0 Å². The minimum atomic E-state index is 0.705. The maximum atomic E-state index is 6.01. The summed E-state index contributed by atoms with van der Waals surface area (Å²) in [6.45, 7) is 7.76. The minimum Gasteiger partial charge on any atom is -0.397 e. The molecular weight excluding hydrogens is 234 g/mol. The van der Waals surface area contributed by atoms with Gasteiger partial charge >= 0.3 is 0 Å². The molecule has 0 amide bonds. The van der Waals surface area contributed by atoms with Crippen molar-refractivity contribution in [3.05, 3.63) is 23.2 Å². The zero-order valence-electron chi connectivity index (χ0n) is 10.3. The highest BCUT2D eigenvalue weighted by Gasteiger charge is 2.17. The molecule has 3 nitrogen and oxygen atoms in total. The van der Waals surface area contributed by atoms with E-state index in [1.165, 1.54) is 13.0 Å². The lowest BCUT2D eigenvalue weighted by Crippen LogP contribution is -2.46. The molecule has 0 spiro atoms. The van der Waals surface area contributed by atoms with Crippen molar-refractivity contribution in [2.45, 2.75) is 13.3 Å². The molecule has 0 aliphatic carbocycles. The van der Waals surface area contributed by atoms with Gasteiger partial charge in [0.15, 0.2) is 0 Å². The summed E-state index contributed by atoms with van der Waals surface area (Å²) in [6.07, 6.45) is 1.23. The van der Waals surface area contributed by atoms with E-state index in [0.29, 0.717) is 5.02 Å². The maximum Gasteiger partial charge on any atom is 0.0601 e. The quantitative estimate of drug-likeness (QED) is 0.840. The van der Waals surface area contributed by atoms with Crippen molar-refractivity contribution in [2.24, 2.45) is 0 Å². The van der Waals surface area contributed by atoms with E-state index >= 15 is 0 Å². The number of hydrogen-bond donors (Lipinski definition) is 1. The second-order valence-electron chi connectivity index (χ2n) is 4.53. The summed E-state index contributed by atoms with van der Waals surface area (Å²) in [5, 5.41) is 0.705. The van der Waals surface area contributed by atoms with Gasteiger partial charge in [-0.05, 0) is 31.2 Å². The smallest absolute Gasteiger partial charge is 0.0601 e. The highest BCUT2D eigenvalue weighted by atomic mass is 35.5. The molecule has 0 radical (unpaired) electrons. The summed E-state index contributed by atoms with van der Waals surface area (Å²) in [7, 11) is 0. The van der Waals surface area contributed by atoms with Crippen LogP contribution in [0.2, 0.25) is 5.02 Å². The summed E-state index contributed by atoms with van der Waals surface area (Å²) in [5.74, 6) is 0. The van der Waals surface area contributed by atoms with Crippen molar-refractivity contribution in [1.82, 2.24) is 4.90 Å². The molecule has 1 fully saturated rings. The number of rotatable bonds is 3. The van der Waals surface area contributed by atoms with E-state index in [2.05, 4.69) is 16.7 Å². The Hall–Kier alpha value is -0.930. The zero-order chi connectivity index (χ0) is 12.3.